The number of carbonyl (C=O) groups excluding carboxylic acids is 3. The van der Waals surface area contributed by atoms with Crippen LogP contribution in [0, 0.1) is 11.8 Å². The first-order valence-corrected chi connectivity index (χ1v) is 22.8. The Labute approximate surface area is 372 Å². The van der Waals surface area contributed by atoms with Crippen LogP contribution in [-0.4, -0.2) is 108 Å². The molecule has 0 radical (unpaired) electrons. The summed E-state index contributed by atoms with van der Waals surface area (Å²) in [6.45, 7) is 8.69. The lowest BCUT2D eigenvalue weighted by Gasteiger charge is -2.44. The highest BCUT2D eigenvalue weighted by atomic mass is 16.5. The highest BCUT2D eigenvalue weighted by Crippen LogP contribution is 2.51. The lowest BCUT2D eigenvalue weighted by molar-refractivity contribution is -0.138. The Morgan fingerprint density at radius 3 is 2.03 bits per heavy atom. The lowest BCUT2D eigenvalue weighted by atomic mass is 9.89. The molecule has 6 heterocycles. The molecular weight excluding hydrogens is 815 g/mol. The molecule has 0 unspecified atom stereocenters. The molecule has 16 heteroatoms. The Morgan fingerprint density at radius 2 is 1.44 bits per heavy atom. The standard InChI is InChI=1S/C48H59N9O7/c1-27(2)40(53-46(60)63-6)44(58)55-20-10-12-36(55)42-49-25-33(51-42)29-15-17-35-31(22-29)23-38-32-16-14-30(24-39(32)64-48(57(35)38)18-8-7-9-19-48)34-26-50-43(52-34)37-13-11-21-56(37)45(59)41(28(3)4)54(5)47(61)62/h14-17,22-28,36-37,40-41H,7-13,18-21H2,1-6H3,(H,49,51)(H,50,52)(H,53,60)(H,61,62)/t36-,37-,40-,41-/m0/s1. The van der Waals surface area contributed by atoms with Crippen molar-refractivity contribution in [3.05, 3.63) is 66.5 Å². The van der Waals surface area contributed by atoms with Gasteiger partial charge in [0.25, 0.3) is 0 Å². The Kier molecular flexibility index (Phi) is 11.4. The van der Waals surface area contributed by atoms with Crippen molar-refractivity contribution in [2.45, 2.75) is 115 Å². The number of amides is 4. The Hall–Kier alpha value is -6.32. The van der Waals surface area contributed by atoms with Crippen LogP contribution in [0.5, 0.6) is 5.75 Å². The summed E-state index contributed by atoms with van der Waals surface area (Å²) < 4.78 is 14.4. The number of H-pyrrole nitrogens is 2. The maximum Gasteiger partial charge on any atom is 0.407 e. The van der Waals surface area contributed by atoms with Crippen molar-refractivity contribution in [2.75, 3.05) is 27.2 Å². The zero-order chi connectivity index (χ0) is 45.0. The maximum absolute atomic E-state index is 13.8. The zero-order valence-electron chi connectivity index (χ0n) is 37.5. The molecule has 2 aromatic carbocycles. The molecule has 3 fully saturated rings. The summed E-state index contributed by atoms with van der Waals surface area (Å²) >= 11 is 0. The lowest BCUT2D eigenvalue weighted by Crippen LogP contribution is -2.51. The van der Waals surface area contributed by atoms with Crippen LogP contribution in [0.3, 0.4) is 0 Å². The normalized spacial score (nSPS) is 20.0. The monoisotopic (exact) mass is 873 g/mol. The third-order valence-corrected chi connectivity index (χ3v) is 13.9. The number of likely N-dealkylation sites (tertiary alicyclic amines) is 2. The first kappa shape index (κ1) is 43.0. The molecule has 64 heavy (non-hydrogen) atoms. The zero-order valence-corrected chi connectivity index (χ0v) is 37.5. The largest absolute Gasteiger partial charge is 0.467 e. The van der Waals surface area contributed by atoms with Crippen molar-refractivity contribution in [1.29, 1.82) is 0 Å². The van der Waals surface area contributed by atoms with Gasteiger partial charge in [-0.05, 0) is 80.7 Å². The summed E-state index contributed by atoms with van der Waals surface area (Å²) in [6.07, 6.45) is 10.1. The van der Waals surface area contributed by atoms with Gasteiger partial charge in [-0.3, -0.25) is 14.5 Å². The third kappa shape index (κ3) is 7.53. The summed E-state index contributed by atoms with van der Waals surface area (Å²) in [7, 11) is 2.75. The molecule has 1 aliphatic carbocycles. The minimum Gasteiger partial charge on any atom is -0.467 e. The molecule has 4 N–H and O–H groups in total. The first-order valence-electron chi connectivity index (χ1n) is 22.8. The Morgan fingerprint density at radius 1 is 0.828 bits per heavy atom. The van der Waals surface area contributed by atoms with E-state index in [2.05, 4.69) is 62.3 Å². The number of aromatic nitrogens is 5. The number of fused-ring (bicyclic) bond motifs is 6. The Balaban J connectivity index is 0.996. The number of ether oxygens (including phenoxy) is 2. The van der Waals surface area contributed by atoms with E-state index in [4.69, 9.17) is 19.4 Å². The first-order chi connectivity index (χ1) is 30.8. The van der Waals surface area contributed by atoms with Crippen molar-refractivity contribution in [2.24, 2.45) is 11.8 Å². The van der Waals surface area contributed by atoms with Crippen molar-refractivity contribution in [3.8, 4) is 39.5 Å². The van der Waals surface area contributed by atoms with Crippen LogP contribution in [0.2, 0.25) is 0 Å². The SMILES string of the molecule is COC(=O)N[C@H](C(=O)N1CCC[C@H]1c1ncc(-c2ccc3c(c2)cc2n3C3(CCCCC3)Oc3cc(-c4cnc([C@@H]5CCCN5C(=O)[C@H](C(C)C)N(C)C(=O)O)[nH]4)ccc3-2)[nH]1)C(C)C. The van der Waals surface area contributed by atoms with E-state index < -0.39 is 30.0 Å². The van der Waals surface area contributed by atoms with Gasteiger partial charge in [-0.15, -0.1) is 0 Å². The van der Waals surface area contributed by atoms with Crippen molar-refractivity contribution in [1.82, 2.24) is 44.5 Å². The summed E-state index contributed by atoms with van der Waals surface area (Å²) in [4.78, 5) is 72.9. The fourth-order valence-corrected chi connectivity index (χ4v) is 10.7. The van der Waals surface area contributed by atoms with Gasteiger partial charge < -0.3 is 44.2 Å². The van der Waals surface area contributed by atoms with Crippen LogP contribution in [-0.2, 0) is 20.1 Å². The second kappa shape index (κ2) is 17.0. The van der Waals surface area contributed by atoms with Crippen molar-refractivity contribution < 1.29 is 33.8 Å². The van der Waals surface area contributed by atoms with E-state index in [1.165, 1.54) is 14.2 Å². The number of nitrogens with one attached hydrogen (secondary N) is 3. The van der Waals surface area contributed by atoms with E-state index in [1.807, 2.05) is 45.0 Å². The highest BCUT2D eigenvalue weighted by molar-refractivity contribution is 5.93. The van der Waals surface area contributed by atoms with Gasteiger partial charge in [0.15, 0.2) is 5.72 Å². The molecule has 4 aliphatic rings. The second-order valence-corrected chi connectivity index (χ2v) is 18.6. The summed E-state index contributed by atoms with van der Waals surface area (Å²) in [5.74, 6) is 1.57. The predicted molar refractivity (Wildman–Crippen MR) is 240 cm³/mol. The third-order valence-electron chi connectivity index (χ3n) is 13.9. The molecular formula is C48H59N9O7. The summed E-state index contributed by atoms with van der Waals surface area (Å²) in [5, 5.41) is 13.5. The maximum atomic E-state index is 13.8. The molecule has 9 rings (SSSR count). The second-order valence-electron chi connectivity index (χ2n) is 18.6. The van der Waals surface area contributed by atoms with Crippen LogP contribution in [0.1, 0.15) is 109 Å². The van der Waals surface area contributed by atoms with Gasteiger partial charge in [-0.1, -0.05) is 46.2 Å². The molecule has 2 saturated heterocycles. The van der Waals surface area contributed by atoms with E-state index in [0.29, 0.717) is 18.9 Å². The van der Waals surface area contributed by atoms with E-state index in [0.717, 1.165) is 119 Å². The topological polar surface area (TPSA) is 191 Å². The molecule has 5 aromatic rings. The molecule has 16 nitrogen and oxygen atoms in total. The molecule has 3 aromatic heterocycles. The van der Waals surface area contributed by atoms with Gasteiger partial charge in [0.05, 0.1) is 54.2 Å². The van der Waals surface area contributed by atoms with Gasteiger partial charge in [0.1, 0.15) is 29.5 Å². The number of nitrogens with zero attached hydrogens (tertiary/aromatic N) is 6. The number of benzene rings is 2. The van der Waals surface area contributed by atoms with Crippen molar-refractivity contribution in [3.63, 3.8) is 0 Å². The highest BCUT2D eigenvalue weighted by Gasteiger charge is 2.44. The minimum absolute atomic E-state index is 0.120. The molecule has 4 amide bonds. The Bertz CT molecular complexity index is 2590. The average molecular weight is 874 g/mol. The number of methoxy groups -OCH3 is 1. The number of imidazole rings is 2. The molecule has 3 aliphatic heterocycles. The van der Waals surface area contributed by atoms with E-state index in [-0.39, 0.29) is 35.7 Å². The quantitative estimate of drug-likeness (QED) is 0.107. The molecule has 1 saturated carbocycles. The summed E-state index contributed by atoms with van der Waals surface area (Å²) in [6, 6.07) is 13.1. The van der Waals surface area contributed by atoms with Gasteiger partial charge >= 0.3 is 12.2 Å². The van der Waals surface area contributed by atoms with E-state index in [1.54, 1.807) is 4.90 Å². The number of carboxylic acid groups (broad SMARTS) is 1. The van der Waals surface area contributed by atoms with Gasteiger partial charge in [0, 0.05) is 55.1 Å². The van der Waals surface area contributed by atoms with Gasteiger partial charge in [0.2, 0.25) is 11.8 Å². The summed E-state index contributed by atoms with van der Waals surface area (Å²) in [5.41, 5.74) is 6.25. The number of hydrogen-bond donors (Lipinski definition) is 4. The van der Waals surface area contributed by atoms with Crippen molar-refractivity contribution >= 4 is 34.9 Å². The smallest absolute Gasteiger partial charge is 0.407 e. The number of likely N-dealkylation sites (N-methyl/N-ethyl adjacent to an activating group) is 1. The molecule has 1 spiro atoms. The molecule has 338 valence electrons. The van der Waals surface area contributed by atoms with Gasteiger partial charge in [-0.25, -0.2) is 19.6 Å². The number of rotatable bonds is 10. The van der Waals surface area contributed by atoms with E-state index in [9.17, 15) is 24.3 Å². The number of aromatic amines is 2. The predicted octanol–water partition coefficient (Wildman–Crippen LogP) is 8.44. The minimum atomic E-state index is -1.13. The van der Waals surface area contributed by atoms with Crippen LogP contribution in [0.4, 0.5) is 9.59 Å². The van der Waals surface area contributed by atoms with Crippen LogP contribution >= 0.6 is 0 Å². The van der Waals surface area contributed by atoms with E-state index >= 15 is 0 Å². The molecule has 4 atom stereocenters. The van der Waals surface area contributed by atoms with Crippen LogP contribution in [0.15, 0.2) is 54.9 Å². The number of carbonyl (C=O) groups is 4. The average Bonchev–Trinajstić information content (AvgIpc) is 4.13. The number of alkyl carbamates (subject to hydrolysis) is 1. The molecule has 0 bridgehead atoms. The number of hydrogen-bond acceptors (Lipinski definition) is 8. The van der Waals surface area contributed by atoms with Gasteiger partial charge in [-0.2, -0.15) is 0 Å². The van der Waals surface area contributed by atoms with Crippen LogP contribution < -0.4 is 10.1 Å². The fraction of sp³-hybridized carbons (Fsp3) is 0.500. The van der Waals surface area contributed by atoms with Crippen LogP contribution in [0.25, 0.3) is 44.7 Å². The fourth-order valence-electron chi connectivity index (χ4n) is 10.7.